The number of pyridine rings is 1. The number of fused-ring (bicyclic) bond motifs is 2. The minimum Gasteiger partial charge on any atom is -0.374 e. The van der Waals surface area contributed by atoms with E-state index in [1.54, 1.807) is 10.6 Å². The van der Waals surface area contributed by atoms with Crippen LogP contribution in [0.2, 0.25) is 0 Å². The van der Waals surface area contributed by atoms with Gasteiger partial charge in [-0.15, -0.1) is 0 Å². The molecule has 4 aliphatic heterocycles. The average molecular weight is 745 g/mol. The molecule has 55 heavy (non-hydrogen) atoms. The number of likely N-dealkylation sites (N-methyl/N-ethyl adjacent to an activating group) is 1. The van der Waals surface area contributed by atoms with Crippen molar-refractivity contribution in [3.05, 3.63) is 87.5 Å². The molecule has 3 saturated heterocycles. The Labute approximate surface area is 321 Å². The number of likely N-dealkylation sites (tertiary alicyclic amines) is 1. The summed E-state index contributed by atoms with van der Waals surface area (Å²) in [5, 5.41) is 16.2. The van der Waals surface area contributed by atoms with Gasteiger partial charge in [-0.05, 0) is 124 Å². The van der Waals surface area contributed by atoms with Gasteiger partial charge >= 0.3 is 0 Å². The van der Waals surface area contributed by atoms with Crippen LogP contribution in [-0.2, 0) is 16.6 Å². The van der Waals surface area contributed by atoms with Crippen molar-refractivity contribution in [3.8, 4) is 6.07 Å². The molecule has 0 saturated carbocycles. The van der Waals surface area contributed by atoms with Gasteiger partial charge in [-0.25, -0.2) is 4.39 Å². The van der Waals surface area contributed by atoms with E-state index >= 15 is 4.39 Å². The van der Waals surface area contributed by atoms with E-state index in [-0.39, 0.29) is 29.6 Å². The number of carbonyl (C=O) groups excluding carboxylic acids is 2. The first-order valence-corrected chi connectivity index (χ1v) is 19.6. The van der Waals surface area contributed by atoms with Gasteiger partial charge in [-0.1, -0.05) is 0 Å². The number of nitriles is 1. The topological polar surface area (TPSA) is 117 Å². The highest BCUT2D eigenvalue weighted by Crippen LogP contribution is 2.43. The lowest BCUT2D eigenvalue weighted by molar-refractivity contribution is -0.133. The van der Waals surface area contributed by atoms with Gasteiger partial charge in [-0.3, -0.25) is 19.7 Å². The lowest BCUT2D eigenvalue weighted by Crippen LogP contribution is -2.47. The molecule has 0 radical (unpaired) electrons. The maximum Gasteiger partial charge on any atom is 0.253 e. The quantitative estimate of drug-likeness (QED) is 0.228. The van der Waals surface area contributed by atoms with Crippen molar-refractivity contribution in [3.63, 3.8) is 0 Å². The lowest BCUT2D eigenvalue weighted by atomic mass is 9.87. The number of piperidine rings is 3. The Hall–Kier alpha value is -5.41. The summed E-state index contributed by atoms with van der Waals surface area (Å²) >= 11 is 0. The number of rotatable bonds is 7. The number of benzene rings is 3. The number of carbonyl (C=O) groups is 2. The maximum absolute atomic E-state index is 15.3. The number of nitrogens with one attached hydrogen (secondary N) is 2. The predicted molar refractivity (Wildman–Crippen MR) is 215 cm³/mol. The summed E-state index contributed by atoms with van der Waals surface area (Å²) in [4.78, 5) is 46.1. The van der Waals surface area contributed by atoms with Crippen LogP contribution >= 0.6 is 0 Å². The molecule has 3 aromatic carbocycles. The minimum atomic E-state index is -0.548. The second kappa shape index (κ2) is 15.0. The number of aromatic nitrogens is 1. The Morgan fingerprint density at radius 2 is 1.60 bits per heavy atom. The van der Waals surface area contributed by atoms with Gasteiger partial charge in [0.15, 0.2) is 0 Å². The summed E-state index contributed by atoms with van der Waals surface area (Å²) in [6.45, 7) is 8.13. The number of aryl methyl sites for hydroxylation is 2. The van der Waals surface area contributed by atoms with E-state index < -0.39 is 6.04 Å². The van der Waals surface area contributed by atoms with Crippen LogP contribution in [0, 0.1) is 30.0 Å². The van der Waals surface area contributed by atoms with Gasteiger partial charge in [0.05, 0.1) is 39.9 Å². The summed E-state index contributed by atoms with van der Waals surface area (Å²) in [5.41, 5.74) is 7.86. The highest BCUT2D eigenvalue weighted by molar-refractivity contribution is 6.01. The molecule has 2 N–H and O–H groups in total. The first-order chi connectivity index (χ1) is 26.6. The molecule has 4 aromatic rings. The highest BCUT2D eigenvalue weighted by Gasteiger charge is 2.30. The number of imide groups is 1. The normalized spacial score (nSPS) is 20.1. The number of amides is 2. The standard InChI is InChI=1S/C43H49FN8O3/c1-27-20-33-38(49(3)43(27)55)22-31(23-39(33)52-19-18-48(2)37-7-4-29(25-45)21-40(37)52)30-12-14-50(15-13-30)26-28-10-16-51(17-11-28)36-8-5-32(24-34(36)44)46-35-6-9-41(53)47-42(35)54/h4-5,7-8,20-24,28,30,35,46H,6,9-19,26H2,1-3H3,(H,47,53,54). The lowest BCUT2D eigenvalue weighted by Gasteiger charge is -2.39. The molecule has 12 heteroatoms. The van der Waals surface area contributed by atoms with E-state index in [4.69, 9.17) is 0 Å². The highest BCUT2D eigenvalue weighted by atomic mass is 19.1. The maximum atomic E-state index is 15.3. The van der Waals surface area contributed by atoms with Crippen molar-refractivity contribution in [1.29, 1.82) is 5.26 Å². The third-order valence-corrected chi connectivity index (χ3v) is 12.3. The van der Waals surface area contributed by atoms with E-state index in [0.717, 1.165) is 99.5 Å². The molecule has 11 nitrogen and oxygen atoms in total. The van der Waals surface area contributed by atoms with Crippen molar-refractivity contribution >= 4 is 51.2 Å². The summed E-state index contributed by atoms with van der Waals surface area (Å²) in [6.07, 6.45) is 4.72. The van der Waals surface area contributed by atoms with E-state index in [9.17, 15) is 19.6 Å². The Morgan fingerprint density at radius 3 is 2.33 bits per heavy atom. The van der Waals surface area contributed by atoms with Crippen LogP contribution < -0.4 is 30.9 Å². The molecular formula is C43H49FN8O3. The second-order valence-electron chi connectivity index (χ2n) is 15.9. The smallest absolute Gasteiger partial charge is 0.253 e. The van der Waals surface area contributed by atoms with Crippen molar-refractivity contribution < 1.29 is 14.0 Å². The molecule has 3 fully saturated rings. The molecular weight excluding hydrogens is 696 g/mol. The summed E-state index contributed by atoms with van der Waals surface area (Å²) in [6, 6.07) is 19.3. The van der Waals surface area contributed by atoms with Crippen LogP contribution in [0.15, 0.2) is 59.4 Å². The molecule has 1 aromatic heterocycles. The Balaban J connectivity index is 0.924. The molecule has 2 amide bonds. The fourth-order valence-electron chi connectivity index (χ4n) is 9.11. The molecule has 0 spiro atoms. The number of anilines is 5. The number of halogens is 1. The fraction of sp³-hybridized carbons (Fsp3) is 0.442. The van der Waals surface area contributed by atoms with Crippen molar-refractivity contribution in [1.82, 2.24) is 14.8 Å². The zero-order valence-corrected chi connectivity index (χ0v) is 31.9. The Kier molecular flexibility index (Phi) is 9.99. The average Bonchev–Trinajstić information content (AvgIpc) is 3.19. The summed E-state index contributed by atoms with van der Waals surface area (Å²) < 4.78 is 17.1. The van der Waals surface area contributed by atoms with Crippen LogP contribution in [0.25, 0.3) is 10.9 Å². The van der Waals surface area contributed by atoms with Crippen LogP contribution in [-0.4, -0.2) is 80.2 Å². The third kappa shape index (κ3) is 7.25. The molecule has 5 heterocycles. The molecule has 8 rings (SSSR count). The molecule has 0 aliphatic carbocycles. The largest absolute Gasteiger partial charge is 0.374 e. The molecule has 4 aliphatic rings. The third-order valence-electron chi connectivity index (χ3n) is 12.3. The van der Waals surface area contributed by atoms with Gasteiger partial charge in [0.2, 0.25) is 11.8 Å². The molecule has 1 atom stereocenters. The predicted octanol–water partition coefficient (Wildman–Crippen LogP) is 5.76. The Morgan fingerprint density at radius 1 is 0.836 bits per heavy atom. The summed E-state index contributed by atoms with van der Waals surface area (Å²) in [7, 11) is 3.96. The first kappa shape index (κ1) is 36.6. The SMILES string of the molecule is Cc1cc2c(N3CCN(C)c4ccc(C#N)cc43)cc(C3CCN(CC4CCN(c5ccc(NC6CCC(=O)NC6=O)cc5F)CC4)CC3)cc2n(C)c1=O. The molecule has 0 bridgehead atoms. The van der Waals surface area contributed by atoms with Gasteiger partial charge < -0.3 is 29.5 Å². The van der Waals surface area contributed by atoms with Crippen molar-refractivity contribution in [2.45, 2.75) is 57.4 Å². The second-order valence-corrected chi connectivity index (χ2v) is 15.9. The van der Waals surface area contributed by atoms with Crippen LogP contribution in [0.1, 0.15) is 61.1 Å². The van der Waals surface area contributed by atoms with Crippen molar-refractivity contribution in [2.24, 2.45) is 13.0 Å². The summed E-state index contributed by atoms with van der Waals surface area (Å²) in [5.74, 6) is -0.0463. The van der Waals surface area contributed by atoms with E-state index in [2.05, 4.69) is 55.5 Å². The monoisotopic (exact) mass is 744 g/mol. The van der Waals surface area contributed by atoms with Gasteiger partial charge in [0, 0.05) is 69.9 Å². The van der Waals surface area contributed by atoms with Gasteiger partial charge in [0.1, 0.15) is 11.9 Å². The van der Waals surface area contributed by atoms with Crippen LogP contribution in [0.4, 0.5) is 32.8 Å². The van der Waals surface area contributed by atoms with E-state index in [0.29, 0.717) is 40.8 Å². The molecule has 286 valence electrons. The van der Waals surface area contributed by atoms with Crippen LogP contribution in [0.5, 0.6) is 0 Å². The van der Waals surface area contributed by atoms with Crippen molar-refractivity contribution in [2.75, 3.05) is 72.9 Å². The fourth-order valence-corrected chi connectivity index (χ4v) is 9.11. The zero-order valence-electron chi connectivity index (χ0n) is 31.9. The molecule has 1 unspecified atom stereocenters. The van der Waals surface area contributed by atoms with Gasteiger partial charge in [0.25, 0.3) is 5.56 Å². The number of hydrogen-bond donors (Lipinski definition) is 2. The van der Waals surface area contributed by atoms with E-state index in [1.807, 2.05) is 44.3 Å². The van der Waals surface area contributed by atoms with Gasteiger partial charge in [-0.2, -0.15) is 5.26 Å². The number of hydrogen-bond acceptors (Lipinski definition) is 9. The first-order valence-electron chi connectivity index (χ1n) is 19.6. The van der Waals surface area contributed by atoms with E-state index in [1.165, 1.54) is 11.6 Å². The Bertz CT molecular complexity index is 2250. The van der Waals surface area contributed by atoms with Crippen LogP contribution in [0.3, 0.4) is 0 Å². The minimum absolute atomic E-state index is 0.0172. The zero-order chi connectivity index (χ0) is 38.4. The number of nitrogens with zero attached hydrogens (tertiary/aromatic N) is 6.